The molecule has 0 radical (unpaired) electrons. The molecule has 15 heavy (non-hydrogen) atoms. The Morgan fingerprint density at radius 2 is 2.07 bits per heavy atom. The maximum Gasteiger partial charge on any atom is 0.224 e. The van der Waals surface area contributed by atoms with Crippen LogP contribution in [-0.2, 0) is 11.2 Å². The van der Waals surface area contributed by atoms with E-state index in [0.29, 0.717) is 6.54 Å². The minimum absolute atomic E-state index is 0.0524. The third-order valence-electron chi connectivity index (χ3n) is 1.95. The maximum absolute atomic E-state index is 12.6. The molecule has 0 atom stereocenters. The van der Waals surface area contributed by atoms with Crippen LogP contribution in [0.25, 0.3) is 0 Å². The molecule has 0 heterocycles. The van der Waals surface area contributed by atoms with Gasteiger partial charge in [0, 0.05) is 6.54 Å². The van der Waals surface area contributed by atoms with Gasteiger partial charge < -0.3 is 5.32 Å². The van der Waals surface area contributed by atoms with E-state index in [1.165, 1.54) is 12.1 Å². The van der Waals surface area contributed by atoms with Crippen LogP contribution in [0.1, 0.15) is 12.0 Å². The normalized spacial score (nSPS) is 9.67. The first kappa shape index (κ1) is 11.4. The molecule has 1 amide bonds. The third kappa shape index (κ3) is 4.40. The SMILES string of the molecule is C=CCCNC(=O)Cc1ccc(F)cc1. The van der Waals surface area contributed by atoms with Crippen molar-refractivity contribution in [2.24, 2.45) is 0 Å². The van der Waals surface area contributed by atoms with Crippen LogP contribution in [0.4, 0.5) is 4.39 Å². The molecule has 1 aromatic rings. The first-order valence-corrected chi connectivity index (χ1v) is 4.84. The Morgan fingerprint density at radius 1 is 1.40 bits per heavy atom. The molecular weight excluding hydrogens is 193 g/mol. The van der Waals surface area contributed by atoms with Crippen molar-refractivity contribution in [2.45, 2.75) is 12.8 Å². The van der Waals surface area contributed by atoms with E-state index in [1.807, 2.05) is 0 Å². The molecule has 2 nitrogen and oxygen atoms in total. The van der Waals surface area contributed by atoms with E-state index < -0.39 is 0 Å². The van der Waals surface area contributed by atoms with E-state index in [0.717, 1.165) is 12.0 Å². The van der Waals surface area contributed by atoms with Crippen molar-refractivity contribution in [3.8, 4) is 0 Å². The van der Waals surface area contributed by atoms with Crippen LogP contribution in [0.2, 0.25) is 0 Å². The Bertz CT molecular complexity index is 332. The molecule has 0 fully saturated rings. The highest BCUT2D eigenvalue weighted by molar-refractivity contribution is 5.78. The van der Waals surface area contributed by atoms with Crippen LogP contribution in [-0.4, -0.2) is 12.5 Å². The first-order chi connectivity index (χ1) is 7.22. The quantitative estimate of drug-likeness (QED) is 0.581. The lowest BCUT2D eigenvalue weighted by atomic mass is 10.1. The molecule has 0 bridgehead atoms. The number of halogens is 1. The van der Waals surface area contributed by atoms with Crippen molar-refractivity contribution in [3.63, 3.8) is 0 Å². The molecule has 3 heteroatoms. The molecule has 1 N–H and O–H groups in total. The molecule has 0 spiro atoms. The summed E-state index contributed by atoms with van der Waals surface area (Å²) < 4.78 is 12.6. The second-order valence-corrected chi connectivity index (χ2v) is 3.23. The molecule has 80 valence electrons. The lowest BCUT2D eigenvalue weighted by molar-refractivity contribution is -0.120. The van der Waals surface area contributed by atoms with Gasteiger partial charge in [0.1, 0.15) is 5.82 Å². The fraction of sp³-hybridized carbons (Fsp3) is 0.250. The molecule has 1 aromatic carbocycles. The Morgan fingerprint density at radius 3 is 2.67 bits per heavy atom. The zero-order valence-corrected chi connectivity index (χ0v) is 8.50. The van der Waals surface area contributed by atoms with E-state index in [-0.39, 0.29) is 18.1 Å². The summed E-state index contributed by atoms with van der Waals surface area (Å²) in [5.41, 5.74) is 0.813. The standard InChI is InChI=1S/C12H14FNO/c1-2-3-8-14-12(15)9-10-4-6-11(13)7-5-10/h2,4-7H,1,3,8-9H2,(H,14,15). The summed E-state index contributed by atoms with van der Waals surface area (Å²) in [5.74, 6) is -0.339. The smallest absolute Gasteiger partial charge is 0.224 e. The molecule has 0 saturated heterocycles. The summed E-state index contributed by atoms with van der Waals surface area (Å²) in [6, 6.07) is 5.93. The van der Waals surface area contributed by atoms with Crippen molar-refractivity contribution in [1.82, 2.24) is 5.32 Å². The molecular formula is C12H14FNO. The van der Waals surface area contributed by atoms with Gasteiger partial charge in [-0.25, -0.2) is 4.39 Å². The van der Waals surface area contributed by atoms with Crippen molar-refractivity contribution >= 4 is 5.91 Å². The van der Waals surface area contributed by atoms with Gasteiger partial charge in [0.05, 0.1) is 6.42 Å². The van der Waals surface area contributed by atoms with Gasteiger partial charge in [-0.05, 0) is 24.1 Å². The Kier molecular flexibility index (Phi) is 4.54. The number of hydrogen-bond donors (Lipinski definition) is 1. The molecule has 0 unspecified atom stereocenters. The molecule has 0 aliphatic carbocycles. The lowest BCUT2D eigenvalue weighted by Gasteiger charge is -2.03. The van der Waals surface area contributed by atoms with Gasteiger partial charge in [-0.2, -0.15) is 0 Å². The van der Waals surface area contributed by atoms with E-state index in [9.17, 15) is 9.18 Å². The second kappa shape index (κ2) is 5.96. The number of nitrogens with one attached hydrogen (secondary N) is 1. The predicted molar refractivity (Wildman–Crippen MR) is 57.9 cm³/mol. The number of carbonyl (C=O) groups excluding carboxylic acids is 1. The maximum atomic E-state index is 12.6. The first-order valence-electron chi connectivity index (χ1n) is 4.84. The second-order valence-electron chi connectivity index (χ2n) is 3.23. The summed E-state index contributed by atoms with van der Waals surface area (Å²) >= 11 is 0. The zero-order chi connectivity index (χ0) is 11.1. The highest BCUT2D eigenvalue weighted by Gasteiger charge is 2.01. The van der Waals surface area contributed by atoms with Crippen molar-refractivity contribution in [3.05, 3.63) is 48.3 Å². The summed E-state index contributed by atoms with van der Waals surface area (Å²) in [7, 11) is 0. The van der Waals surface area contributed by atoms with Crippen LogP contribution < -0.4 is 5.32 Å². The third-order valence-corrected chi connectivity index (χ3v) is 1.95. The number of hydrogen-bond acceptors (Lipinski definition) is 1. The van der Waals surface area contributed by atoms with Crippen molar-refractivity contribution in [1.29, 1.82) is 0 Å². The van der Waals surface area contributed by atoms with Crippen LogP contribution in [0.5, 0.6) is 0 Å². The summed E-state index contributed by atoms with van der Waals surface area (Å²) in [5, 5.41) is 2.74. The zero-order valence-electron chi connectivity index (χ0n) is 8.50. The summed E-state index contributed by atoms with van der Waals surface area (Å²) in [6.45, 7) is 4.16. The highest BCUT2D eigenvalue weighted by atomic mass is 19.1. The molecule has 0 aliphatic heterocycles. The monoisotopic (exact) mass is 207 g/mol. The van der Waals surface area contributed by atoms with Crippen molar-refractivity contribution < 1.29 is 9.18 Å². The minimum Gasteiger partial charge on any atom is -0.356 e. The van der Waals surface area contributed by atoms with Gasteiger partial charge in [0.15, 0.2) is 0 Å². The largest absolute Gasteiger partial charge is 0.356 e. The van der Waals surface area contributed by atoms with Gasteiger partial charge in [0.25, 0.3) is 0 Å². The molecule has 0 aliphatic rings. The summed E-state index contributed by atoms with van der Waals surface area (Å²) in [6.07, 6.45) is 2.80. The molecule has 0 aromatic heterocycles. The van der Waals surface area contributed by atoms with Gasteiger partial charge in [0.2, 0.25) is 5.91 Å². The fourth-order valence-corrected chi connectivity index (χ4v) is 1.16. The molecule has 0 saturated carbocycles. The van der Waals surface area contributed by atoms with Gasteiger partial charge in [-0.15, -0.1) is 6.58 Å². The average Bonchev–Trinajstić information content (AvgIpc) is 2.22. The Balaban J connectivity index is 2.37. The van der Waals surface area contributed by atoms with E-state index in [4.69, 9.17) is 0 Å². The molecule has 1 rings (SSSR count). The minimum atomic E-state index is -0.286. The van der Waals surface area contributed by atoms with E-state index in [2.05, 4.69) is 11.9 Å². The van der Waals surface area contributed by atoms with Crippen molar-refractivity contribution in [2.75, 3.05) is 6.54 Å². The lowest BCUT2D eigenvalue weighted by Crippen LogP contribution is -2.25. The number of amides is 1. The Hall–Kier alpha value is -1.64. The predicted octanol–water partition coefficient (Wildman–Crippen LogP) is 2.06. The van der Waals surface area contributed by atoms with Crippen LogP contribution in [0.3, 0.4) is 0 Å². The van der Waals surface area contributed by atoms with Gasteiger partial charge >= 0.3 is 0 Å². The van der Waals surface area contributed by atoms with Gasteiger partial charge in [-0.1, -0.05) is 18.2 Å². The van der Waals surface area contributed by atoms with Crippen LogP contribution in [0, 0.1) is 5.82 Å². The fourth-order valence-electron chi connectivity index (χ4n) is 1.16. The topological polar surface area (TPSA) is 29.1 Å². The van der Waals surface area contributed by atoms with E-state index in [1.54, 1.807) is 18.2 Å². The number of carbonyl (C=O) groups is 1. The van der Waals surface area contributed by atoms with E-state index >= 15 is 0 Å². The summed E-state index contributed by atoms with van der Waals surface area (Å²) in [4.78, 5) is 11.3. The average molecular weight is 207 g/mol. The van der Waals surface area contributed by atoms with Crippen LogP contribution in [0.15, 0.2) is 36.9 Å². The Labute approximate surface area is 88.8 Å². The highest BCUT2D eigenvalue weighted by Crippen LogP contribution is 2.03. The number of rotatable bonds is 5. The number of benzene rings is 1. The van der Waals surface area contributed by atoms with Gasteiger partial charge in [-0.3, -0.25) is 4.79 Å². The van der Waals surface area contributed by atoms with Crippen LogP contribution >= 0.6 is 0 Å².